The lowest BCUT2D eigenvalue weighted by Gasteiger charge is -2.19. The fourth-order valence-electron chi connectivity index (χ4n) is 3.34. The van der Waals surface area contributed by atoms with E-state index in [4.69, 9.17) is 4.74 Å². The Morgan fingerprint density at radius 1 is 1.10 bits per heavy atom. The molecule has 150 valence electrons. The Labute approximate surface area is 168 Å². The van der Waals surface area contributed by atoms with Gasteiger partial charge in [0, 0.05) is 23.5 Å². The molecule has 6 nitrogen and oxygen atoms in total. The molecule has 0 spiro atoms. The van der Waals surface area contributed by atoms with Crippen molar-refractivity contribution in [2.45, 2.75) is 20.3 Å². The van der Waals surface area contributed by atoms with Gasteiger partial charge in [0.05, 0.1) is 18.1 Å². The summed E-state index contributed by atoms with van der Waals surface area (Å²) >= 11 is 0. The number of amides is 2. The summed E-state index contributed by atoms with van der Waals surface area (Å²) in [6.07, 6.45) is -0.211. The number of para-hydroxylation sites is 1. The SMILES string of the molecule is CCOC(=O)C1=C(C)N(c2ccc(F)cc2)C(=O)C1CC(=O)Nc1ccccc1. The predicted molar refractivity (Wildman–Crippen MR) is 106 cm³/mol. The van der Waals surface area contributed by atoms with Crippen LogP contribution in [-0.4, -0.2) is 24.4 Å². The van der Waals surface area contributed by atoms with Crippen LogP contribution in [0.3, 0.4) is 0 Å². The van der Waals surface area contributed by atoms with Gasteiger partial charge in [-0.3, -0.25) is 14.5 Å². The minimum Gasteiger partial charge on any atom is -0.463 e. The zero-order chi connectivity index (χ0) is 21.0. The second-order valence-corrected chi connectivity index (χ2v) is 6.54. The highest BCUT2D eigenvalue weighted by atomic mass is 19.1. The summed E-state index contributed by atoms with van der Waals surface area (Å²) in [7, 11) is 0. The smallest absolute Gasteiger partial charge is 0.336 e. The summed E-state index contributed by atoms with van der Waals surface area (Å²) in [5, 5.41) is 2.72. The molecule has 0 radical (unpaired) electrons. The van der Waals surface area contributed by atoms with E-state index in [-0.39, 0.29) is 18.6 Å². The first-order valence-electron chi connectivity index (χ1n) is 9.24. The van der Waals surface area contributed by atoms with Crippen LogP contribution in [0.1, 0.15) is 20.3 Å². The van der Waals surface area contributed by atoms with Gasteiger partial charge in [0.15, 0.2) is 0 Å². The minimum atomic E-state index is -0.984. The molecule has 0 bridgehead atoms. The maximum Gasteiger partial charge on any atom is 0.336 e. The largest absolute Gasteiger partial charge is 0.463 e. The third-order valence-corrected chi connectivity index (χ3v) is 4.62. The molecule has 0 fully saturated rings. The Kier molecular flexibility index (Phi) is 6.07. The molecule has 1 aliphatic rings. The van der Waals surface area contributed by atoms with Gasteiger partial charge < -0.3 is 10.1 Å². The van der Waals surface area contributed by atoms with Crippen LogP contribution < -0.4 is 10.2 Å². The summed E-state index contributed by atoms with van der Waals surface area (Å²) in [6.45, 7) is 3.42. The molecular weight excluding hydrogens is 375 g/mol. The van der Waals surface area contributed by atoms with Crippen LogP contribution in [0, 0.1) is 11.7 Å². The molecule has 0 aromatic heterocycles. The zero-order valence-corrected chi connectivity index (χ0v) is 16.1. The zero-order valence-electron chi connectivity index (χ0n) is 16.1. The topological polar surface area (TPSA) is 75.7 Å². The molecule has 0 aliphatic carbocycles. The molecule has 0 saturated heterocycles. The van der Waals surface area contributed by atoms with Gasteiger partial charge in [-0.25, -0.2) is 9.18 Å². The number of carbonyl (C=O) groups is 3. The number of esters is 1. The predicted octanol–water partition coefficient (Wildman–Crippen LogP) is 3.65. The Hall–Kier alpha value is -3.48. The Morgan fingerprint density at radius 3 is 2.38 bits per heavy atom. The number of nitrogens with zero attached hydrogens (tertiary/aromatic N) is 1. The van der Waals surface area contributed by atoms with Crippen molar-refractivity contribution in [2.75, 3.05) is 16.8 Å². The number of anilines is 2. The molecule has 0 saturated carbocycles. The maximum absolute atomic E-state index is 13.3. The van der Waals surface area contributed by atoms with Crippen molar-refractivity contribution in [3.8, 4) is 0 Å². The first-order valence-corrected chi connectivity index (χ1v) is 9.24. The summed E-state index contributed by atoms with van der Waals surface area (Å²) in [6, 6.07) is 14.2. The third kappa shape index (κ3) is 4.34. The number of rotatable bonds is 6. The standard InChI is InChI=1S/C22H21FN2O4/c1-3-29-22(28)20-14(2)25(17-11-9-15(23)10-12-17)21(27)18(20)13-19(26)24-16-7-5-4-6-8-16/h4-12,18H,3,13H2,1-2H3,(H,24,26). The van der Waals surface area contributed by atoms with Crippen molar-refractivity contribution in [3.63, 3.8) is 0 Å². The Bertz CT molecular complexity index is 955. The van der Waals surface area contributed by atoms with Crippen molar-refractivity contribution in [2.24, 2.45) is 5.92 Å². The number of carbonyl (C=O) groups excluding carboxylic acids is 3. The van der Waals surface area contributed by atoms with Gasteiger partial charge in [0.1, 0.15) is 5.82 Å². The number of allylic oxidation sites excluding steroid dienone is 1. The highest BCUT2D eigenvalue weighted by molar-refractivity contribution is 6.12. The minimum absolute atomic E-state index is 0.142. The second-order valence-electron chi connectivity index (χ2n) is 6.54. The fourth-order valence-corrected chi connectivity index (χ4v) is 3.34. The van der Waals surface area contributed by atoms with E-state index in [1.807, 2.05) is 6.07 Å². The maximum atomic E-state index is 13.3. The van der Waals surface area contributed by atoms with E-state index in [0.29, 0.717) is 17.1 Å². The number of hydrogen-bond acceptors (Lipinski definition) is 4. The molecule has 2 aromatic rings. The summed E-state index contributed by atoms with van der Waals surface area (Å²) in [5.74, 6) is -2.89. The van der Waals surface area contributed by atoms with Crippen LogP contribution in [0.4, 0.5) is 15.8 Å². The van der Waals surface area contributed by atoms with Crippen LogP contribution in [0.15, 0.2) is 65.9 Å². The first kappa shape index (κ1) is 20.3. The van der Waals surface area contributed by atoms with E-state index in [9.17, 15) is 18.8 Å². The highest BCUT2D eigenvalue weighted by Gasteiger charge is 2.43. The summed E-state index contributed by atoms with van der Waals surface area (Å²) in [4.78, 5) is 39.5. The summed E-state index contributed by atoms with van der Waals surface area (Å²) in [5.41, 5.74) is 1.53. The summed E-state index contributed by atoms with van der Waals surface area (Å²) < 4.78 is 18.4. The quantitative estimate of drug-likeness (QED) is 0.757. The lowest BCUT2D eigenvalue weighted by molar-refractivity contribution is -0.140. The lowest BCUT2D eigenvalue weighted by atomic mass is 9.96. The molecule has 1 heterocycles. The molecule has 29 heavy (non-hydrogen) atoms. The van der Waals surface area contributed by atoms with Gasteiger partial charge in [0.25, 0.3) is 0 Å². The van der Waals surface area contributed by atoms with E-state index in [1.165, 1.54) is 29.2 Å². The fraction of sp³-hybridized carbons (Fsp3) is 0.227. The van der Waals surface area contributed by atoms with E-state index >= 15 is 0 Å². The molecule has 1 unspecified atom stereocenters. The average Bonchev–Trinajstić information content (AvgIpc) is 2.93. The number of hydrogen-bond donors (Lipinski definition) is 1. The van der Waals surface area contributed by atoms with Crippen LogP contribution in [0.5, 0.6) is 0 Å². The number of benzene rings is 2. The van der Waals surface area contributed by atoms with Crippen LogP contribution in [0.2, 0.25) is 0 Å². The molecule has 1 N–H and O–H groups in total. The Balaban J connectivity index is 1.89. The monoisotopic (exact) mass is 396 g/mol. The van der Waals surface area contributed by atoms with Gasteiger partial charge in [0.2, 0.25) is 11.8 Å². The van der Waals surface area contributed by atoms with Gasteiger partial charge in [-0.2, -0.15) is 0 Å². The normalized spacial score (nSPS) is 16.2. The lowest BCUT2D eigenvalue weighted by Crippen LogP contribution is -2.31. The molecule has 1 aliphatic heterocycles. The molecule has 3 rings (SSSR count). The first-order chi connectivity index (χ1) is 13.9. The van der Waals surface area contributed by atoms with Crippen LogP contribution >= 0.6 is 0 Å². The molecule has 2 aromatic carbocycles. The number of halogens is 1. The van der Waals surface area contributed by atoms with Crippen molar-refractivity contribution < 1.29 is 23.5 Å². The number of ether oxygens (including phenoxy) is 1. The van der Waals surface area contributed by atoms with E-state index in [2.05, 4.69) is 5.32 Å². The van der Waals surface area contributed by atoms with Crippen molar-refractivity contribution in [1.29, 1.82) is 0 Å². The third-order valence-electron chi connectivity index (χ3n) is 4.62. The van der Waals surface area contributed by atoms with E-state index < -0.39 is 29.5 Å². The molecule has 2 amide bonds. The molecule has 7 heteroatoms. The van der Waals surface area contributed by atoms with Gasteiger partial charge in [-0.05, 0) is 50.2 Å². The van der Waals surface area contributed by atoms with Gasteiger partial charge >= 0.3 is 5.97 Å². The van der Waals surface area contributed by atoms with Gasteiger partial charge in [-0.1, -0.05) is 18.2 Å². The Morgan fingerprint density at radius 2 is 1.76 bits per heavy atom. The molecular formula is C22H21FN2O4. The highest BCUT2D eigenvalue weighted by Crippen LogP contribution is 2.36. The van der Waals surface area contributed by atoms with E-state index in [1.54, 1.807) is 38.1 Å². The van der Waals surface area contributed by atoms with Crippen LogP contribution in [-0.2, 0) is 19.1 Å². The van der Waals surface area contributed by atoms with Crippen molar-refractivity contribution in [1.82, 2.24) is 0 Å². The molecule has 1 atom stereocenters. The van der Waals surface area contributed by atoms with Gasteiger partial charge in [-0.15, -0.1) is 0 Å². The average molecular weight is 396 g/mol. The number of nitrogens with one attached hydrogen (secondary N) is 1. The second kappa shape index (κ2) is 8.68. The van der Waals surface area contributed by atoms with E-state index in [0.717, 1.165) is 0 Å². The van der Waals surface area contributed by atoms with Crippen molar-refractivity contribution in [3.05, 3.63) is 71.7 Å². The van der Waals surface area contributed by atoms with Crippen molar-refractivity contribution >= 4 is 29.2 Å². The van der Waals surface area contributed by atoms with Crippen LogP contribution in [0.25, 0.3) is 0 Å².